The highest BCUT2D eigenvalue weighted by Crippen LogP contribution is 2.46. The standard InChI is InChI=1S/C20H7F2N6/c1-24-9-28-15-7-11(22)3-5-13(15)18-20(28)27-17-12-4-2-10(21)6-14(12)16(25-8-23)19(17)26-18/h2-7,9H/q+1. The number of nitriles is 1. The summed E-state index contributed by atoms with van der Waals surface area (Å²) >= 11 is 0. The maximum Gasteiger partial charge on any atom is 0.393 e. The van der Waals surface area contributed by atoms with Crippen LogP contribution in [0.5, 0.6) is 0 Å². The van der Waals surface area contributed by atoms with Crippen molar-refractivity contribution in [3.63, 3.8) is 0 Å². The number of rotatable bonds is 0. The van der Waals surface area contributed by atoms with Crippen molar-refractivity contribution in [2.24, 2.45) is 4.99 Å². The first-order chi connectivity index (χ1) is 13.6. The summed E-state index contributed by atoms with van der Waals surface area (Å²) in [6.07, 6.45) is 2.93. The van der Waals surface area contributed by atoms with Crippen LogP contribution in [0.2, 0.25) is 0 Å². The van der Waals surface area contributed by atoms with Gasteiger partial charge >= 0.3 is 12.2 Å². The Balaban J connectivity index is 1.86. The number of fused-ring (bicyclic) bond motifs is 6. The molecule has 0 saturated heterocycles. The molecule has 130 valence electrons. The largest absolute Gasteiger partial charge is 0.393 e. The van der Waals surface area contributed by atoms with Gasteiger partial charge in [-0.15, -0.1) is 0 Å². The van der Waals surface area contributed by atoms with Crippen LogP contribution in [-0.4, -0.2) is 22.0 Å². The summed E-state index contributed by atoms with van der Waals surface area (Å²) in [6, 6.07) is 8.29. The molecule has 1 aliphatic carbocycles. The minimum Gasteiger partial charge on any atom is -0.235 e. The predicted octanol–water partition coefficient (Wildman–Crippen LogP) is 3.82. The van der Waals surface area contributed by atoms with Crippen LogP contribution in [0.3, 0.4) is 0 Å². The summed E-state index contributed by atoms with van der Waals surface area (Å²) in [5, 5.41) is 9.07. The quantitative estimate of drug-likeness (QED) is 0.180. The Bertz CT molecular complexity index is 1250. The van der Waals surface area contributed by atoms with E-state index in [0.29, 0.717) is 45.3 Å². The molecule has 2 aliphatic rings. The van der Waals surface area contributed by atoms with Crippen molar-refractivity contribution < 1.29 is 8.78 Å². The van der Waals surface area contributed by atoms with Gasteiger partial charge in [-0.3, -0.25) is 0 Å². The molecular weight excluding hydrogens is 362 g/mol. The van der Waals surface area contributed by atoms with E-state index in [2.05, 4.69) is 19.8 Å². The number of aromatic nitrogens is 2. The normalized spacial score (nSPS) is 15.6. The van der Waals surface area contributed by atoms with Crippen LogP contribution in [0.15, 0.2) is 41.4 Å². The monoisotopic (exact) mass is 369 g/mol. The molecule has 0 saturated carbocycles. The summed E-state index contributed by atoms with van der Waals surface area (Å²) in [6.45, 7) is 7.17. The van der Waals surface area contributed by atoms with Gasteiger partial charge in [0, 0.05) is 17.2 Å². The number of benzene rings is 2. The van der Waals surface area contributed by atoms with Crippen LogP contribution in [0.25, 0.3) is 27.4 Å². The van der Waals surface area contributed by atoms with Crippen molar-refractivity contribution in [1.82, 2.24) is 14.5 Å². The molecule has 0 spiro atoms. The van der Waals surface area contributed by atoms with E-state index < -0.39 is 11.6 Å². The first kappa shape index (κ1) is 15.9. The predicted molar refractivity (Wildman–Crippen MR) is 98.2 cm³/mol. The molecule has 28 heavy (non-hydrogen) atoms. The van der Waals surface area contributed by atoms with Crippen LogP contribution < -0.4 is 4.58 Å². The first-order valence-corrected chi connectivity index (χ1v) is 8.11. The molecule has 3 aromatic rings. The molecule has 0 unspecified atom stereocenters. The topological polar surface area (TPSA) is 69.3 Å². The number of aliphatic imine (C=N–C) groups is 1. The van der Waals surface area contributed by atoms with Gasteiger partial charge in [-0.2, -0.15) is 24.7 Å². The van der Waals surface area contributed by atoms with E-state index >= 15 is 0 Å². The fraction of sp³-hybridized carbons (Fsp3) is 0. The molecule has 0 amide bonds. The summed E-state index contributed by atoms with van der Waals surface area (Å²) in [4.78, 5) is 16.4. The van der Waals surface area contributed by atoms with Gasteiger partial charge in [-0.25, -0.2) is 13.8 Å². The van der Waals surface area contributed by atoms with Crippen LogP contribution in [0, 0.1) is 29.7 Å². The van der Waals surface area contributed by atoms with Gasteiger partial charge in [0.05, 0.1) is 5.56 Å². The lowest BCUT2D eigenvalue weighted by atomic mass is 10.1. The highest BCUT2D eigenvalue weighted by atomic mass is 19.1. The molecule has 0 bridgehead atoms. The molecule has 0 fully saturated rings. The second kappa shape index (κ2) is 5.60. The lowest BCUT2D eigenvalue weighted by Gasteiger charge is -2.00. The maximum atomic E-state index is 13.8. The van der Waals surface area contributed by atoms with E-state index in [4.69, 9.17) is 11.8 Å². The lowest BCUT2D eigenvalue weighted by Crippen LogP contribution is -2.06. The van der Waals surface area contributed by atoms with E-state index in [-0.39, 0.29) is 5.71 Å². The Labute approximate surface area is 157 Å². The zero-order chi connectivity index (χ0) is 19.4. The maximum absolute atomic E-state index is 13.8. The van der Waals surface area contributed by atoms with Crippen molar-refractivity contribution in [1.29, 1.82) is 5.26 Å². The fourth-order valence-corrected chi connectivity index (χ4v) is 3.53. The minimum atomic E-state index is -0.464. The lowest BCUT2D eigenvalue weighted by molar-refractivity contribution is 0.627. The third-order valence-corrected chi connectivity index (χ3v) is 4.63. The summed E-state index contributed by atoms with van der Waals surface area (Å²) in [5.41, 5.74) is 3.52. The van der Waals surface area contributed by atoms with Crippen LogP contribution >= 0.6 is 0 Å². The van der Waals surface area contributed by atoms with Gasteiger partial charge in [-0.05, 0) is 30.3 Å². The Morgan fingerprint density at radius 3 is 2.50 bits per heavy atom. The Kier molecular flexibility index (Phi) is 3.18. The molecule has 8 heteroatoms. The van der Waals surface area contributed by atoms with Gasteiger partial charge in [0.1, 0.15) is 35.3 Å². The molecule has 1 aliphatic heterocycles. The Morgan fingerprint density at radius 1 is 1.00 bits per heavy atom. The van der Waals surface area contributed by atoms with E-state index in [1.807, 2.05) is 0 Å². The first-order valence-electron chi connectivity index (χ1n) is 8.11. The fourth-order valence-electron chi connectivity index (χ4n) is 3.53. The number of hydrogen-bond donors (Lipinski definition) is 0. The molecule has 6 nitrogen and oxygen atoms in total. The minimum absolute atomic E-state index is 0.235. The van der Waals surface area contributed by atoms with Gasteiger partial charge in [0.2, 0.25) is 11.9 Å². The Morgan fingerprint density at radius 2 is 1.75 bits per heavy atom. The molecule has 2 aromatic carbocycles. The molecule has 5 rings (SSSR count). The van der Waals surface area contributed by atoms with Crippen LogP contribution in [0.1, 0.15) is 11.3 Å². The summed E-state index contributed by atoms with van der Waals surface area (Å²) in [7, 11) is 0. The van der Waals surface area contributed by atoms with Crippen molar-refractivity contribution in [2.45, 2.75) is 0 Å². The highest BCUT2D eigenvalue weighted by molar-refractivity contribution is 6.23. The average Bonchev–Trinajstić information content (AvgIpc) is 3.13. The summed E-state index contributed by atoms with van der Waals surface area (Å²) < 4.78 is 29.0. The molecule has 2 heterocycles. The van der Waals surface area contributed by atoms with E-state index in [0.717, 1.165) is 0 Å². The van der Waals surface area contributed by atoms with Crippen LogP contribution in [0.4, 0.5) is 20.3 Å². The van der Waals surface area contributed by atoms with Crippen molar-refractivity contribution >= 4 is 23.6 Å². The van der Waals surface area contributed by atoms with Gasteiger partial charge in [0.15, 0.2) is 5.69 Å². The molecule has 0 atom stereocenters. The Hall–Kier alpha value is -4.30. The smallest absolute Gasteiger partial charge is 0.235 e. The van der Waals surface area contributed by atoms with Gasteiger partial charge < -0.3 is 0 Å². The van der Waals surface area contributed by atoms with Crippen LogP contribution in [-0.2, 0) is 0 Å². The van der Waals surface area contributed by atoms with Crippen molar-refractivity contribution in [3.8, 4) is 28.7 Å². The number of halogens is 2. The summed E-state index contributed by atoms with van der Waals surface area (Å²) in [5.74, 6) is -0.549. The second-order valence-electron chi connectivity index (χ2n) is 6.12. The van der Waals surface area contributed by atoms with Gasteiger partial charge in [0.25, 0.3) is 0 Å². The average molecular weight is 369 g/mol. The van der Waals surface area contributed by atoms with Crippen molar-refractivity contribution in [3.05, 3.63) is 70.7 Å². The van der Waals surface area contributed by atoms with E-state index in [9.17, 15) is 8.78 Å². The molecule has 0 radical (unpaired) electrons. The van der Waals surface area contributed by atoms with Gasteiger partial charge in [-0.1, -0.05) is 0 Å². The van der Waals surface area contributed by atoms with E-state index in [1.54, 1.807) is 18.3 Å². The number of nitrogens with zero attached hydrogens (tertiary/aromatic N) is 6. The van der Waals surface area contributed by atoms with E-state index in [1.165, 1.54) is 35.2 Å². The zero-order valence-electron chi connectivity index (χ0n) is 14.0. The SMILES string of the molecule is [C-]#[N+]C=[N+]1c2cc(F)ccc2-c2nc3c(nc21)-c1ccc(F)cc1C3=NC#N. The third-order valence-electron chi connectivity index (χ3n) is 4.63. The molecule has 1 aromatic heterocycles. The molecule has 0 N–H and O–H groups in total. The third kappa shape index (κ3) is 2.03. The second-order valence-corrected chi connectivity index (χ2v) is 6.12. The zero-order valence-corrected chi connectivity index (χ0v) is 14.0. The number of hydrogen-bond acceptors (Lipinski definition) is 4. The molecular formula is C20H7F2N6+. The van der Waals surface area contributed by atoms with Crippen molar-refractivity contribution in [2.75, 3.05) is 0 Å². The highest BCUT2D eigenvalue weighted by Gasteiger charge is 2.39.